The lowest BCUT2D eigenvalue weighted by Gasteiger charge is -2.13. The first kappa shape index (κ1) is 18.3. The second-order valence-electron chi connectivity index (χ2n) is 6.01. The zero-order valence-corrected chi connectivity index (χ0v) is 14.9. The largest absolute Gasteiger partial charge is 0.481 e. The lowest BCUT2D eigenvalue weighted by atomic mass is 10.1. The van der Waals surface area contributed by atoms with Crippen molar-refractivity contribution in [2.24, 2.45) is 0 Å². The van der Waals surface area contributed by atoms with Crippen molar-refractivity contribution in [1.29, 1.82) is 0 Å². The lowest BCUT2D eigenvalue weighted by molar-refractivity contribution is -0.136. The molecular weight excluding hydrogens is 324 g/mol. The van der Waals surface area contributed by atoms with Crippen LogP contribution in [0.15, 0.2) is 36.4 Å². The van der Waals surface area contributed by atoms with E-state index in [2.05, 4.69) is 6.92 Å². The van der Waals surface area contributed by atoms with E-state index in [1.54, 1.807) is 6.07 Å². The summed E-state index contributed by atoms with van der Waals surface area (Å²) in [6, 6.07) is 11.3. The molecule has 0 aliphatic carbocycles. The molecule has 4 heteroatoms. The van der Waals surface area contributed by atoms with Crippen molar-refractivity contribution in [3.8, 4) is 11.5 Å². The van der Waals surface area contributed by atoms with E-state index in [9.17, 15) is 4.79 Å². The van der Waals surface area contributed by atoms with Gasteiger partial charge in [0, 0.05) is 5.56 Å². The summed E-state index contributed by atoms with van der Waals surface area (Å²) in [5, 5.41) is 9.61. The molecular formula is C20H23ClO3. The van der Waals surface area contributed by atoms with Crippen molar-refractivity contribution in [2.45, 2.75) is 46.0 Å². The van der Waals surface area contributed by atoms with Crippen LogP contribution in [0.1, 0.15) is 42.9 Å². The zero-order chi connectivity index (χ0) is 17.5. The predicted molar refractivity (Wildman–Crippen MR) is 97.3 cm³/mol. The van der Waals surface area contributed by atoms with Crippen molar-refractivity contribution in [1.82, 2.24) is 0 Å². The molecule has 0 bridgehead atoms. The molecule has 0 saturated carbocycles. The minimum absolute atomic E-state index is 0.0796. The van der Waals surface area contributed by atoms with Gasteiger partial charge in [0.1, 0.15) is 11.5 Å². The van der Waals surface area contributed by atoms with Gasteiger partial charge in [-0.3, -0.25) is 4.79 Å². The number of carbonyl (C=O) groups is 1. The monoisotopic (exact) mass is 346 g/mol. The summed E-state index contributed by atoms with van der Waals surface area (Å²) < 4.78 is 5.88. The third-order valence-electron chi connectivity index (χ3n) is 3.84. The molecule has 2 rings (SSSR count). The maximum Gasteiger partial charge on any atom is 0.307 e. The summed E-state index contributed by atoms with van der Waals surface area (Å²) in [7, 11) is 0. The Kier molecular flexibility index (Phi) is 6.68. The van der Waals surface area contributed by atoms with Gasteiger partial charge in [0.15, 0.2) is 0 Å². The molecule has 0 radical (unpaired) electrons. The number of unbranched alkanes of at least 4 members (excludes halogenated alkanes) is 2. The molecule has 0 heterocycles. The second kappa shape index (κ2) is 8.74. The summed E-state index contributed by atoms with van der Waals surface area (Å²) >= 11 is 6.34. The number of carboxylic acids is 1. The highest BCUT2D eigenvalue weighted by molar-refractivity contribution is 6.32. The summed E-state index contributed by atoms with van der Waals surface area (Å²) in [5.41, 5.74) is 2.83. The number of aliphatic carboxylic acids is 1. The molecule has 0 unspecified atom stereocenters. The van der Waals surface area contributed by atoms with Crippen LogP contribution >= 0.6 is 11.6 Å². The smallest absolute Gasteiger partial charge is 0.307 e. The molecule has 0 aliphatic rings. The Morgan fingerprint density at radius 1 is 1.12 bits per heavy atom. The first-order chi connectivity index (χ1) is 11.5. The highest BCUT2D eigenvalue weighted by Gasteiger charge is 2.11. The topological polar surface area (TPSA) is 46.5 Å². The number of ether oxygens (including phenoxy) is 1. The summed E-state index contributed by atoms with van der Waals surface area (Å²) in [6.45, 7) is 4.10. The summed E-state index contributed by atoms with van der Waals surface area (Å²) in [5.74, 6) is 0.192. The van der Waals surface area contributed by atoms with Crippen LogP contribution in [0.5, 0.6) is 11.5 Å². The van der Waals surface area contributed by atoms with Gasteiger partial charge in [0.25, 0.3) is 0 Å². The van der Waals surface area contributed by atoms with Crippen molar-refractivity contribution in [3.05, 3.63) is 58.1 Å². The van der Waals surface area contributed by atoms with E-state index in [0.29, 0.717) is 22.1 Å². The molecule has 0 aliphatic heterocycles. The van der Waals surface area contributed by atoms with E-state index in [4.69, 9.17) is 21.4 Å². The van der Waals surface area contributed by atoms with Crippen LogP contribution in [-0.4, -0.2) is 11.1 Å². The first-order valence-electron chi connectivity index (χ1n) is 8.27. The SMILES string of the molecule is CCCCCc1ccc(Oc2ccc(C)cc2CC(=O)O)c(Cl)c1. The maximum atomic E-state index is 11.0. The molecule has 2 aromatic rings. The standard InChI is InChI=1S/C20H23ClO3/c1-3-4-5-6-15-8-10-19(17(21)12-15)24-18-9-7-14(2)11-16(18)13-20(22)23/h7-12H,3-6,13H2,1-2H3,(H,22,23). The van der Waals surface area contributed by atoms with E-state index in [0.717, 1.165) is 18.4 Å². The first-order valence-corrected chi connectivity index (χ1v) is 8.65. The molecule has 2 aromatic carbocycles. The van der Waals surface area contributed by atoms with Crippen molar-refractivity contribution in [2.75, 3.05) is 0 Å². The van der Waals surface area contributed by atoms with Crippen LogP contribution in [0, 0.1) is 6.92 Å². The van der Waals surface area contributed by atoms with Gasteiger partial charge in [-0.15, -0.1) is 0 Å². The fourth-order valence-electron chi connectivity index (χ4n) is 2.59. The number of hydrogen-bond acceptors (Lipinski definition) is 2. The Morgan fingerprint density at radius 2 is 1.88 bits per heavy atom. The van der Waals surface area contributed by atoms with Gasteiger partial charge in [0.05, 0.1) is 11.4 Å². The quantitative estimate of drug-likeness (QED) is 0.614. The van der Waals surface area contributed by atoms with Gasteiger partial charge in [0.2, 0.25) is 0 Å². The van der Waals surface area contributed by atoms with Gasteiger partial charge >= 0.3 is 5.97 Å². The molecule has 128 valence electrons. The summed E-state index contributed by atoms with van der Waals surface area (Å²) in [4.78, 5) is 11.0. The minimum atomic E-state index is -0.886. The fraction of sp³-hybridized carbons (Fsp3) is 0.350. The number of aryl methyl sites for hydroxylation is 2. The predicted octanol–water partition coefficient (Wildman–Crippen LogP) is 5.80. The van der Waals surface area contributed by atoms with Gasteiger partial charge in [-0.2, -0.15) is 0 Å². The fourth-order valence-corrected chi connectivity index (χ4v) is 2.83. The van der Waals surface area contributed by atoms with Gasteiger partial charge in [-0.1, -0.05) is 55.1 Å². The van der Waals surface area contributed by atoms with E-state index in [1.165, 1.54) is 18.4 Å². The molecule has 0 aromatic heterocycles. The number of hydrogen-bond donors (Lipinski definition) is 1. The van der Waals surface area contributed by atoms with Crippen molar-refractivity contribution in [3.63, 3.8) is 0 Å². The van der Waals surface area contributed by atoms with E-state index in [-0.39, 0.29) is 6.42 Å². The second-order valence-corrected chi connectivity index (χ2v) is 6.41. The third kappa shape index (κ3) is 5.27. The Hall–Kier alpha value is -2.00. The Balaban J connectivity index is 2.17. The van der Waals surface area contributed by atoms with E-state index < -0.39 is 5.97 Å². The van der Waals surface area contributed by atoms with Crippen LogP contribution < -0.4 is 4.74 Å². The Morgan fingerprint density at radius 3 is 2.54 bits per heavy atom. The molecule has 24 heavy (non-hydrogen) atoms. The molecule has 3 nitrogen and oxygen atoms in total. The van der Waals surface area contributed by atoms with Crippen molar-refractivity contribution < 1.29 is 14.6 Å². The highest BCUT2D eigenvalue weighted by Crippen LogP contribution is 2.33. The summed E-state index contributed by atoms with van der Waals surface area (Å²) in [6.07, 6.45) is 4.46. The van der Waals surface area contributed by atoms with Crippen LogP contribution in [-0.2, 0) is 17.6 Å². The van der Waals surface area contributed by atoms with Gasteiger partial charge in [-0.05, 0) is 43.5 Å². The van der Waals surface area contributed by atoms with E-state index >= 15 is 0 Å². The molecule has 1 N–H and O–H groups in total. The molecule has 0 saturated heterocycles. The number of halogens is 1. The number of carboxylic acid groups (broad SMARTS) is 1. The molecule has 0 amide bonds. The van der Waals surface area contributed by atoms with E-state index in [1.807, 2.05) is 37.3 Å². The Labute approximate surface area is 148 Å². The highest BCUT2D eigenvalue weighted by atomic mass is 35.5. The van der Waals surface area contributed by atoms with Crippen LogP contribution in [0.3, 0.4) is 0 Å². The van der Waals surface area contributed by atoms with Crippen LogP contribution in [0.4, 0.5) is 0 Å². The lowest BCUT2D eigenvalue weighted by Crippen LogP contribution is -2.02. The molecule has 0 fully saturated rings. The van der Waals surface area contributed by atoms with Gasteiger partial charge < -0.3 is 9.84 Å². The normalized spacial score (nSPS) is 10.6. The third-order valence-corrected chi connectivity index (χ3v) is 4.14. The minimum Gasteiger partial charge on any atom is -0.481 e. The van der Waals surface area contributed by atoms with Gasteiger partial charge in [-0.25, -0.2) is 0 Å². The average molecular weight is 347 g/mol. The maximum absolute atomic E-state index is 11.0. The van der Waals surface area contributed by atoms with Crippen LogP contribution in [0.25, 0.3) is 0 Å². The molecule has 0 spiro atoms. The average Bonchev–Trinajstić information content (AvgIpc) is 2.52. The number of rotatable bonds is 8. The van der Waals surface area contributed by atoms with Crippen molar-refractivity contribution >= 4 is 17.6 Å². The van der Waals surface area contributed by atoms with Crippen LogP contribution in [0.2, 0.25) is 5.02 Å². The number of benzene rings is 2. The molecule has 0 atom stereocenters. The Bertz CT molecular complexity index is 710. The zero-order valence-electron chi connectivity index (χ0n) is 14.1.